The maximum atomic E-state index is 10.8. The maximum absolute atomic E-state index is 10.8. The van der Waals surface area contributed by atoms with Crippen molar-refractivity contribution in [1.82, 2.24) is 14.9 Å². The summed E-state index contributed by atoms with van der Waals surface area (Å²) in [5.74, 6) is 3.02. The first-order chi connectivity index (χ1) is 12.8. The van der Waals surface area contributed by atoms with E-state index in [4.69, 9.17) is 9.47 Å². The Morgan fingerprint density at radius 3 is 2.54 bits per heavy atom. The predicted octanol–water partition coefficient (Wildman–Crippen LogP) is 1.25. The summed E-state index contributed by atoms with van der Waals surface area (Å²) in [6.45, 7) is 4.07. The van der Waals surface area contributed by atoms with Gasteiger partial charge in [0.1, 0.15) is 23.9 Å². The van der Waals surface area contributed by atoms with E-state index in [1.54, 1.807) is 18.2 Å². The molecule has 1 aliphatic rings. The van der Waals surface area contributed by atoms with Gasteiger partial charge in [-0.05, 0) is 30.3 Å². The number of carbonyl (C=O) groups excluding carboxylic acids is 1. The molecule has 0 radical (unpaired) electrons. The molecule has 2 heterocycles. The van der Waals surface area contributed by atoms with Crippen molar-refractivity contribution in [3.63, 3.8) is 0 Å². The highest BCUT2D eigenvalue weighted by atomic mass is 16.5. The molecule has 0 aliphatic carbocycles. The number of carbonyl (C=O) groups is 1. The van der Waals surface area contributed by atoms with Crippen LogP contribution in [0.15, 0.2) is 36.5 Å². The number of piperazine rings is 1. The summed E-state index contributed by atoms with van der Waals surface area (Å²) in [5.41, 5.74) is 0. The van der Waals surface area contributed by atoms with Crippen molar-refractivity contribution in [2.75, 3.05) is 56.7 Å². The van der Waals surface area contributed by atoms with E-state index in [1.165, 1.54) is 0 Å². The van der Waals surface area contributed by atoms with E-state index in [0.717, 1.165) is 36.8 Å². The lowest BCUT2D eigenvalue weighted by atomic mass is 10.3. The van der Waals surface area contributed by atoms with Gasteiger partial charge in [0.15, 0.2) is 0 Å². The van der Waals surface area contributed by atoms with Crippen LogP contribution in [0.25, 0.3) is 0 Å². The number of nitrogens with zero attached hydrogens (tertiary/aromatic N) is 4. The highest BCUT2D eigenvalue weighted by molar-refractivity contribution is 5.49. The van der Waals surface area contributed by atoms with E-state index in [9.17, 15) is 4.79 Å². The first kappa shape index (κ1) is 17.8. The summed E-state index contributed by atoms with van der Waals surface area (Å²) in [5, 5.41) is 3.17. The first-order valence-electron chi connectivity index (χ1n) is 8.56. The third-order valence-electron chi connectivity index (χ3n) is 4.14. The molecule has 1 amide bonds. The van der Waals surface area contributed by atoms with Crippen molar-refractivity contribution in [1.29, 1.82) is 0 Å². The number of benzene rings is 1. The van der Waals surface area contributed by atoms with Crippen molar-refractivity contribution in [2.24, 2.45) is 0 Å². The van der Waals surface area contributed by atoms with Gasteiger partial charge < -0.3 is 24.6 Å². The van der Waals surface area contributed by atoms with Crippen LogP contribution in [-0.4, -0.2) is 67.7 Å². The van der Waals surface area contributed by atoms with E-state index in [1.807, 2.05) is 30.3 Å². The molecule has 138 valence electrons. The molecule has 8 nitrogen and oxygen atoms in total. The molecule has 1 aromatic carbocycles. The van der Waals surface area contributed by atoms with Gasteiger partial charge in [-0.15, -0.1) is 0 Å². The molecular weight excluding hydrogens is 334 g/mol. The second kappa shape index (κ2) is 8.89. The highest BCUT2D eigenvalue weighted by Gasteiger charge is 2.16. The Kier molecular flexibility index (Phi) is 6.08. The Bertz CT molecular complexity index is 702. The number of methoxy groups -OCH3 is 1. The summed E-state index contributed by atoms with van der Waals surface area (Å²) in [7, 11) is 1.64. The van der Waals surface area contributed by atoms with Gasteiger partial charge in [-0.1, -0.05) is 0 Å². The largest absolute Gasteiger partial charge is 0.497 e. The van der Waals surface area contributed by atoms with E-state index in [0.29, 0.717) is 32.2 Å². The highest BCUT2D eigenvalue weighted by Crippen LogP contribution is 2.17. The first-order valence-corrected chi connectivity index (χ1v) is 8.56. The second-order valence-corrected chi connectivity index (χ2v) is 5.82. The van der Waals surface area contributed by atoms with Crippen LogP contribution in [0.5, 0.6) is 11.5 Å². The van der Waals surface area contributed by atoms with Crippen molar-refractivity contribution in [3.8, 4) is 11.5 Å². The minimum absolute atomic E-state index is 0.498. The fraction of sp³-hybridized carbons (Fsp3) is 0.389. The molecule has 1 fully saturated rings. The van der Waals surface area contributed by atoms with Crippen molar-refractivity contribution >= 4 is 18.2 Å². The van der Waals surface area contributed by atoms with E-state index >= 15 is 0 Å². The minimum atomic E-state index is 0.498. The van der Waals surface area contributed by atoms with Gasteiger partial charge in [-0.3, -0.25) is 4.79 Å². The molecule has 1 N–H and O–H groups in total. The zero-order valence-electron chi connectivity index (χ0n) is 14.8. The molecule has 0 spiro atoms. The second-order valence-electron chi connectivity index (χ2n) is 5.82. The third-order valence-corrected chi connectivity index (χ3v) is 4.14. The molecule has 1 aromatic heterocycles. The van der Waals surface area contributed by atoms with Gasteiger partial charge >= 0.3 is 0 Å². The van der Waals surface area contributed by atoms with Crippen molar-refractivity contribution < 1.29 is 14.3 Å². The number of nitrogens with one attached hydrogen (secondary N) is 1. The summed E-state index contributed by atoms with van der Waals surface area (Å²) in [6, 6.07) is 9.35. The smallest absolute Gasteiger partial charge is 0.224 e. The molecule has 0 bridgehead atoms. The van der Waals surface area contributed by atoms with Crippen LogP contribution in [0, 0.1) is 0 Å². The quantitative estimate of drug-likeness (QED) is 0.563. The molecule has 0 saturated carbocycles. The van der Waals surface area contributed by atoms with Crippen LogP contribution in [0.3, 0.4) is 0 Å². The Balaban J connectivity index is 1.45. The fourth-order valence-corrected chi connectivity index (χ4v) is 2.67. The Morgan fingerprint density at radius 2 is 1.85 bits per heavy atom. The Morgan fingerprint density at radius 1 is 1.12 bits per heavy atom. The van der Waals surface area contributed by atoms with Crippen LogP contribution in [0.4, 0.5) is 11.8 Å². The number of amides is 1. The molecule has 0 unspecified atom stereocenters. The number of rotatable bonds is 8. The van der Waals surface area contributed by atoms with Gasteiger partial charge in [-0.2, -0.15) is 4.98 Å². The normalized spacial score (nSPS) is 14.0. The molecule has 0 atom stereocenters. The molecule has 2 aromatic rings. The van der Waals surface area contributed by atoms with Crippen molar-refractivity contribution in [3.05, 3.63) is 36.5 Å². The van der Waals surface area contributed by atoms with Crippen LogP contribution >= 0.6 is 0 Å². The minimum Gasteiger partial charge on any atom is -0.497 e. The number of anilines is 2. The average molecular weight is 357 g/mol. The van der Waals surface area contributed by atoms with Crippen LogP contribution in [-0.2, 0) is 4.79 Å². The number of aromatic nitrogens is 2. The topological polar surface area (TPSA) is 79.8 Å². The molecule has 8 heteroatoms. The lowest BCUT2D eigenvalue weighted by molar-refractivity contribution is -0.118. The van der Waals surface area contributed by atoms with Gasteiger partial charge in [0.25, 0.3) is 0 Å². The van der Waals surface area contributed by atoms with Gasteiger partial charge in [0.05, 0.1) is 13.7 Å². The summed E-state index contributed by atoms with van der Waals surface area (Å²) in [6.07, 6.45) is 2.63. The zero-order chi connectivity index (χ0) is 18.2. The summed E-state index contributed by atoms with van der Waals surface area (Å²) < 4.78 is 10.8. The summed E-state index contributed by atoms with van der Waals surface area (Å²) >= 11 is 0. The predicted molar refractivity (Wildman–Crippen MR) is 98.9 cm³/mol. The van der Waals surface area contributed by atoms with Crippen molar-refractivity contribution in [2.45, 2.75) is 0 Å². The van der Waals surface area contributed by atoms with Crippen LogP contribution in [0.1, 0.15) is 0 Å². The standard InChI is InChI=1S/C18H23N5O3/c1-25-15-2-4-16(5-3-15)26-13-8-20-18-19-7-6-17(21-18)23-11-9-22(14-24)10-12-23/h2-7,14H,8-13H2,1H3,(H,19,20,21). The number of hydrogen-bond acceptors (Lipinski definition) is 7. The average Bonchev–Trinajstić information content (AvgIpc) is 2.72. The summed E-state index contributed by atoms with van der Waals surface area (Å²) in [4.78, 5) is 23.5. The third kappa shape index (κ3) is 4.75. The molecular formula is C18H23N5O3. The van der Waals surface area contributed by atoms with Crippen LogP contribution in [0.2, 0.25) is 0 Å². The maximum Gasteiger partial charge on any atom is 0.224 e. The lowest BCUT2D eigenvalue weighted by Gasteiger charge is -2.33. The van der Waals surface area contributed by atoms with Gasteiger partial charge in [0.2, 0.25) is 12.4 Å². The number of ether oxygens (including phenoxy) is 2. The SMILES string of the molecule is COc1ccc(OCCNc2nccc(N3CCN(C=O)CC3)n2)cc1. The molecule has 3 rings (SSSR count). The lowest BCUT2D eigenvalue weighted by Crippen LogP contribution is -2.46. The Hall–Kier alpha value is -3.03. The molecule has 26 heavy (non-hydrogen) atoms. The zero-order valence-corrected chi connectivity index (χ0v) is 14.8. The van der Waals surface area contributed by atoms with Crippen LogP contribution < -0.4 is 19.7 Å². The monoisotopic (exact) mass is 357 g/mol. The fourth-order valence-electron chi connectivity index (χ4n) is 2.67. The Labute approximate surface area is 152 Å². The van der Waals surface area contributed by atoms with E-state index in [-0.39, 0.29) is 0 Å². The van der Waals surface area contributed by atoms with E-state index in [2.05, 4.69) is 20.2 Å². The van der Waals surface area contributed by atoms with E-state index < -0.39 is 0 Å². The van der Waals surface area contributed by atoms with Gasteiger partial charge in [0, 0.05) is 32.4 Å². The molecule has 1 saturated heterocycles. The van der Waals surface area contributed by atoms with Gasteiger partial charge in [-0.25, -0.2) is 4.98 Å². The number of hydrogen-bond donors (Lipinski definition) is 1. The molecule has 1 aliphatic heterocycles.